The van der Waals surface area contributed by atoms with E-state index in [2.05, 4.69) is 16.0 Å². The van der Waals surface area contributed by atoms with Crippen LogP contribution in [-0.4, -0.2) is 53.2 Å². The molecule has 2 fully saturated rings. The summed E-state index contributed by atoms with van der Waals surface area (Å²) in [5.74, 6) is -0.610. The van der Waals surface area contributed by atoms with Gasteiger partial charge in [-0.3, -0.25) is 9.78 Å². The van der Waals surface area contributed by atoms with Gasteiger partial charge in [-0.1, -0.05) is 30.3 Å². The van der Waals surface area contributed by atoms with Gasteiger partial charge in [0.15, 0.2) is 0 Å². The molecule has 0 spiro atoms. The highest BCUT2D eigenvalue weighted by Crippen LogP contribution is 2.39. The van der Waals surface area contributed by atoms with Gasteiger partial charge in [-0.15, -0.1) is 0 Å². The van der Waals surface area contributed by atoms with Gasteiger partial charge in [0, 0.05) is 37.8 Å². The number of piperidine rings is 1. The summed E-state index contributed by atoms with van der Waals surface area (Å²) in [6.07, 6.45) is 2.24. The molecule has 0 bridgehead atoms. The number of benzene rings is 2. The molecule has 7 heteroatoms. The van der Waals surface area contributed by atoms with Gasteiger partial charge in [0.25, 0.3) is 5.91 Å². The van der Waals surface area contributed by atoms with E-state index in [-0.39, 0.29) is 19.0 Å². The highest BCUT2D eigenvalue weighted by molar-refractivity contribution is 6.07. The lowest BCUT2D eigenvalue weighted by Crippen LogP contribution is -2.53. The fourth-order valence-electron chi connectivity index (χ4n) is 4.77. The number of pyridine rings is 1. The molecule has 2 saturated heterocycles. The summed E-state index contributed by atoms with van der Waals surface area (Å²) < 4.78 is 14.2. The molecule has 1 N–H and O–H groups in total. The topological polar surface area (TPSA) is 80.5 Å². The van der Waals surface area contributed by atoms with Crippen molar-refractivity contribution in [3.8, 4) is 6.07 Å². The number of aromatic nitrogens is 1. The van der Waals surface area contributed by atoms with Gasteiger partial charge in [-0.05, 0) is 36.6 Å². The first kappa shape index (κ1) is 20.4. The second-order valence-electron chi connectivity index (χ2n) is 8.59. The van der Waals surface area contributed by atoms with Crippen molar-refractivity contribution < 1.29 is 14.3 Å². The van der Waals surface area contributed by atoms with Gasteiger partial charge in [-0.25, -0.2) is 4.39 Å². The van der Waals surface area contributed by atoms with E-state index in [4.69, 9.17) is 0 Å². The zero-order valence-corrected chi connectivity index (χ0v) is 17.5. The van der Waals surface area contributed by atoms with Crippen LogP contribution in [0.2, 0.25) is 0 Å². The summed E-state index contributed by atoms with van der Waals surface area (Å²) in [4.78, 5) is 21.2. The van der Waals surface area contributed by atoms with Crippen LogP contribution in [0.5, 0.6) is 0 Å². The second-order valence-corrected chi connectivity index (χ2v) is 8.59. The van der Waals surface area contributed by atoms with Crippen molar-refractivity contribution in [2.24, 2.45) is 0 Å². The molecule has 2 aliphatic heterocycles. The third-order valence-electron chi connectivity index (χ3n) is 6.66. The second kappa shape index (κ2) is 7.88. The zero-order valence-electron chi connectivity index (χ0n) is 17.5. The minimum atomic E-state index is -0.586. The maximum absolute atomic E-state index is 14.2. The molecule has 1 amide bonds. The number of nitriles is 1. The summed E-state index contributed by atoms with van der Waals surface area (Å²) in [6.45, 7) is 1.68. The summed E-state index contributed by atoms with van der Waals surface area (Å²) >= 11 is 0. The third kappa shape index (κ3) is 3.37. The fraction of sp³-hybridized carbons (Fsp3) is 0.320. The molecule has 2 aliphatic rings. The number of β-amino-alcohol motifs (C(OH)–C–C–N with tert-alkyl or cyclic N) is 1. The van der Waals surface area contributed by atoms with Gasteiger partial charge in [0.1, 0.15) is 5.82 Å². The Balaban J connectivity index is 1.53. The third-order valence-corrected chi connectivity index (χ3v) is 6.66. The van der Waals surface area contributed by atoms with Crippen LogP contribution in [0.25, 0.3) is 10.9 Å². The Morgan fingerprint density at radius 3 is 2.53 bits per heavy atom. The van der Waals surface area contributed by atoms with Crippen molar-refractivity contribution in [2.45, 2.75) is 24.4 Å². The molecule has 2 aromatic carbocycles. The van der Waals surface area contributed by atoms with Crippen LogP contribution < -0.4 is 4.90 Å². The minimum absolute atomic E-state index is 0.218. The predicted octanol–water partition coefficient (Wildman–Crippen LogP) is 3.25. The van der Waals surface area contributed by atoms with Gasteiger partial charge >= 0.3 is 0 Å². The number of fused-ring (bicyclic) bond motifs is 1. The average Bonchev–Trinajstić information content (AvgIpc) is 2.81. The molecular weight excluding hydrogens is 407 g/mol. The maximum atomic E-state index is 14.2. The Kier molecular flexibility index (Phi) is 5.03. The Hall–Kier alpha value is -3.50. The molecule has 162 valence electrons. The van der Waals surface area contributed by atoms with E-state index < -0.39 is 17.3 Å². The van der Waals surface area contributed by atoms with Gasteiger partial charge in [0.05, 0.1) is 34.4 Å². The summed E-state index contributed by atoms with van der Waals surface area (Å²) in [5, 5.41) is 20.2. The molecule has 0 radical (unpaired) electrons. The molecule has 1 aromatic heterocycles. The number of amides is 1. The van der Waals surface area contributed by atoms with E-state index in [1.54, 1.807) is 17.2 Å². The number of likely N-dealkylation sites (tertiary alicyclic amines) is 1. The normalized spacial score (nSPS) is 18.3. The van der Waals surface area contributed by atoms with Crippen LogP contribution in [0.1, 0.15) is 28.8 Å². The Morgan fingerprint density at radius 2 is 1.88 bits per heavy atom. The van der Waals surface area contributed by atoms with Gasteiger partial charge in [0.2, 0.25) is 0 Å². The fourth-order valence-corrected chi connectivity index (χ4v) is 4.77. The molecular formula is C25H23FN4O2. The first-order chi connectivity index (χ1) is 15.5. The lowest BCUT2D eigenvalue weighted by atomic mass is 9.74. The Labute approximate surface area is 185 Å². The number of anilines is 1. The molecule has 0 unspecified atom stereocenters. The maximum Gasteiger partial charge on any atom is 0.257 e. The summed E-state index contributed by atoms with van der Waals surface area (Å²) in [5.41, 5.74) is 2.08. The number of hydrogen-bond donors (Lipinski definition) is 1. The van der Waals surface area contributed by atoms with Crippen molar-refractivity contribution in [2.75, 3.05) is 31.1 Å². The molecule has 3 heterocycles. The van der Waals surface area contributed by atoms with Crippen molar-refractivity contribution in [3.05, 3.63) is 71.7 Å². The molecule has 0 atom stereocenters. The lowest BCUT2D eigenvalue weighted by Gasteiger charge is -2.41. The van der Waals surface area contributed by atoms with Crippen molar-refractivity contribution in [1.29, 1.82) is 5.26 Å². The highest BCUT2D eigenvalue weighted by Gasteiger charge is 2.38. The van der Waals surface area contributed by atoms with Crippen LogP contribution in [0.4, 0.5) is 10.1 Å². The monoisotopic (exact) mass is 430 g/mol. The van der Waals surface area contributed by atoms with Crippen LogP contribution >= 0.6 is 0 Å². The van der Waals surface area contributed by atoms with E-state index in [0.717, 1.165) is 5.56 Å². The largest absolute Gasteiger partial charge is 0.389 e. The molecule has 0 aliphatic carbocycles. The Morgan fingerprint density at radius 1 is 1.16 bits per heavy atom. The van der Waals surface area contributed by atoms with E-state index in [1.165, 1.54) is 12.1 Å². The molecule has 6 nitrogen and oxygen atoms in total. The van der Waals surface area contributed by atoms with Crippen LogP contribution in [0.15, 0.2) is 54.7 Å². The highest BCUT2D eigenvalue weighted by atomic mass is 19.1. The van der Waals surface area contributed by atoms with Crippen molar-refractivity contribution >= 4 is 22.5 Å². The van der Waals surface area contributed by atoms with E-state index >= 15 is 0 Å². The number of nitrogens with zero attached hydrogens (tertiary/aromatic N) is 4. The first-order valence-corrected chi connectivity index (χ1v) is 10.8. The number of aliphatic hydroxyl groups is 1. The molecule has 32 heavy (non-hydrogen) atoms. The van der Waals surface area contributed by atoms with E-state index in [0.29, 0.717) is 48.1 Å². The smallest absolute Gasteiger partial charge is 0.257 e. The first-order valence-electron chi connectivity index (χ1n) is 10.8. The number of halogens is 1. The molecule has 5 rings (SSSR count). The number of rotatable bonds is 3. The number of carbonyl (C=O) groups excluding carboxylic acids is 1. The predicted molar refractivity (Wildman–Crippen MR) is 119 cm³/mol. The number of hydrogen-bond acceptors (Lipinski definition) is 5. The minimum Gasteiger partial charge on any atom is -0.389 e. The van der Waals surface area contributed by atoms with Gasteiger partial charge < -0.3 is 14.9 Å². The zero-order chi connectivity index (χ0) is 22.3. The standard InChI is InChI=1S/C25H23FN4O2/c26-18-6-7-22-20(12-18)23(21(13-28-22)24(32)30-14-19(31)15-30)29-10-8-25(16-27,9-11-29)17-4-2-1-3-5-17/h1-7,12-13,19,31H,8-11,14-15H2. The quantitative estimate of drug-likeness (QED) is 0.690. The summed E-state index contributed by atoms with van der Waals surface area (Å²) in [6, 6.07) is 16.7. The molecule has 3 aromatic rings. The van der Waals surface area contributed by atoms with Crippen LogP contribution in [0.3, 0.4) is 0 Å². The van der Waals surface area contributed by atoms with Gasteiger partial charge in [-0.2, -0.15) is 5.26 Å². The van der Waals surface area contributed by atoms with E-state index in [9.17, 15) is 19.6 Å². The molecule has 0 saturated carbocycles. The number of aliphatic hydroxyl groups excluding tert-OH is 1. The SMILES string of the molecule is N#CC1(c2ccccc2)CCN(c2c(C(=O)N3CC(O)C3)cnc3ccc(F)cc23)CC1. The number of carbonyl (C=O) groups is 1. The van der Waals surface area contributed by atoms with Crippen molar-refractivity contribution in [3.63, 3.8) is 0 Å². The lowest BCUT2D eigenvalue weighted by molar-refractivity contribution is 0.00591. The van der Waals surface area contributed by atoms with Crippen LogP contribution in [0, 0.1) is 17.1 Å². The average molecular weight is 430 g/mol. The van der Waals surface area contributed by atoms with E-state index in [1.807, 2.05) is 30.3 Å². The summed E-state index contributed by atoms with van der Waals surface area (Å²) in [7, 11) is 0. The Bertz CT molecular complexity index is 1210. The van der Waals surface area contributed by atoms with Crippen LogP contribution in [-0.2, 0) is 5.41 Å². The van der Waals surface area contributed by atoms with Crippen molar-refractivity contribution in [1.82, 2.24) is 9.88 Å².